The van der Waals surface area contributed by atoms with E-state index in [1.165, 1.54) is 16.7 Å². The smallest absolute Gasteiger partial charge is 0.439 e. The first-order chi connectivity index (χ1) is 12.1. The van der Waals surface area contributed by atoms with Crippen molar-refractivity contribution in [3.8, 4) is 17.1 Å². The summed E-state index contributed by atoms with van der Waals surface area (Å²) in [4.78, 5) is 12.1. The molecule has 0 aliphatic heterocycles. The van der Waals surface area contributed by atoms with Crippen LogP contribution in [0.2, 0.25) is 0 Å². The van der Waals surface area contributed by atoms with Crippen molar-refractivity contribution in [1.29, 1.82) is 0 Å². The van der Waals surface area contributed by atoms with Crippen LogP contribution in [0.5, 0.6) is 0 Å². The number of nitrogens with zero attached hydrogens (tertiary/aromatic N) is 4. The van der Waals surface area contributed by atoms with E-state index >= 15 is 0 Å². The van der Waals surface area contributed by atoms with Crippen LogP contribution in [-0.2, 0) is 20.1 Å². The molecule has 0 saturated heterocycles. The first-order valence-electron chi connectivity index (χ1n) is 7.89. The number of oxazole rings is 1. The van der Waals surface area contributed by atoms with Gasteiger partial charge in [0.15, 0.2) is 0 Å². The molecule has 0 atom stereocenters. The topological polar surface area (TPSA) is 48.2 Å². The molecule has 0 bridgehead atoms. The van der Waals surface area contributed by atoms with Crippen LogP contribution in [0, 0.1) is 33.4 Å². The van der Waals surface area contributed by atoms with E-state index in [1.54, 1.807) is 18.3 Å². The Bertz CT molecular complexity index is 1130. The van der Waals surface area contributed by atoms with Crippen molar-refractivity contribution in [1.82, 2.24) is 14.5 Å². The van der Waals surface area contributed by atoms with Gasteiger partial charge >= 0.3 is 6.01 Å². The monoisotopic (exact) mass is 520 g/mol. The molecule has 4 aromatic rings. The van der Waals surface area contributed by atoms with Crippen molar-refractivity contribution in [3.63, 3.8) is 0 Å². The second-order valence-corrected chi connectivity index (χ2v) is 6.04. The zero-order valence-electron chi connectivity index (χ0n) is 14.5. The number of hydrogen-bond acceptors (Lipinski definition) is 3. The van der Waals surface area contributed by atoms with Crippen molar-refractivity contribution >= 4 is 17.1 Å². The van der Waals surface area contributed by atoms with Crippen LogP contribution < -0.4 is 0 Å². The molecule has 0 aliphatic rings. The van der Waals surface area contributed by atoms with E-state index in [0.29, 0.717) is 11.1 Å². The van der Waals surface area contributed by atoms with Gasteiger partial charge in [-0.3, -0.25) is 4.98 Å². The van der Waals surface area contributed by atoms with Gasteiger partial charge in [0.25, 0.3) is 0 Å². The molecule has 0 saturated carbocycles. The number of rotatable bonds is 2. The Balaban J connectivity index is 0.00000196. The minimum atomic E-state index is 0. The van der Waals surface area contributed by atoms with E-state index in [-0.39, 0.29) is 26.1 Å². The third kappa shape index (κ3) is 2.86. The average molecular weight is 520 g/mol. The quantitative estimate of drug-likeness (QED) is 0.352. The number of benzene rings is 2. The molecule has 0 amide bonds. The number of aryl methyl sites for hydroxylation is 3. The zero-order valence-corrected chi connectivity index (χ0v) is 16.9. The van der Waals surface area contributed by atoms with E-state index in [9.17, 15) is 0 Å². The average Bonchev–Trinajstić information content (AvgIpc) is 3.19. The molecule has 0 aliphatic carbocycles. The molecule has 2 heterocycles. The SMILES string of the molecule is [C-]#[N+]c1nc2c(-c3nccn3-c3c(C)cc(C)cc3C)[c-]ccc2o1.[Ir]. The minimum absolute atomic E-state index is 0. The predicted octanol–water partition coefficient (Wildman–Crippen LogP) is 4.95. The molecule has 4 rings (SSSR count). The summed E-state index contributed by atoms with van der Waals surface area (Å²) in [6, 6.07) is 11.1. The maximum absolute atomic E-state index is 7.11. The molecule has 131 valence electrons. The number of aromatic nitrogens is 3. The summed E-state index contributed by atoms with van der Waals surface area (Å²) in [6.45, 7) is 13.4. The minimum Gasteiger partial charge on any atom is -0.478 e. The van der Waals surface area contributed by atoms with Crippen LogP contribution in [0.1, 0.15) is 16.7 Å². The van der Waals surface area contributed by atoms with Crippen molar-refractivity contribution in [2.75, 3.05) is 0 Å². The Labute approximate surface area is 164 Å². The van der Waals surface area contributed by atoms with Crippen LogP contribution in [0.4, 0.5) is 6.01 Å². The van der Waals surface area contributed by atoms with Gasteiger partial charge < -0.3 is 13.8 Å². The largest absolute Gasteiger partial charge is 0.478 e. The van der Waals surface area contributed by atoms with Crippen LogP contribution in [0.15, 0.2) is 41.1 Å². The molecule has 2 aromatic carbocycles. The summed E-state index contributed by atoms with van der Waals surface area (Å²) >= 11 is 0. The van der Waals surface area contributed by atoms with Gasteiger partial charge in [-0.05, 0) is 31.9 Å². The van der Waals surface area contributed by atoms with Crippen molar-refractivity contribution in [2.24, 2.45) is 0 Å². The molecule has 0 spiro atoms. The summed E-state index contributed by atoms with van der Waals surface area (Å²) in [7, 11) is 0. The van der Waals surface area contributed by atoms with Gasteiger partial charge in [-0.1, -0.05) is 35.9 Å². The van der Waals surface area contributed by atoms with Gasteiger partial charge in [-0.15, -0.1) is 17.1 Å². The zero-order chi connectivity index (χ0) is 17.6. The standard InChI is InChI=1S/C20H15N4O.Ir/c1-12-10-13(2)18(14(3)11-12)24-9-8-22-19(24)15-6-5-7-16-17(15)23-20(21-4)25-16;/h5,7-11H,1-3H3;/q-1;. The summed E-state index contributed by atoms with van der Waals surface area (Å²) in [5.74, 6) is 0.727. The second kappa shape index (κ2) is 6.87. The molecule has 5 nitrogen and oxygen atoms in total. The molecule has 0 N–H and O–H groups in total. The van der Waals surface area contributed by atoms with Gasteiger partial charge in [-0.25, -0.2) is 0 Å². The Hall–Kier alpha value is -2.74. The summed E-state index contributed by atoms with van der Waals surface area (Å²) in [6.07, 6.45) is 3.69. The van der Waals surface area contributed by atoms with Crippen molar-refractivity contribution in [2.45, 2.75) is 20.8 Å². The van der Waals surface area contributed by atoms with Gasteiger partial charge in [0.1, 0.15) is 5.52 Å². The Morgan fingerprint density at radius 1 is 1.19 bits per heavy atom. The Kier molecular flexibility index (Phi) is 4.77. The fourth-order valence-corrected chi connectivity index (χ4v) is 3.32. The summed E-state index contributed by atoms with van der Waals surface area (Å²) in [5, 5.41) is 0. The fraction of sp³-hybridized carbons (Fsp3) is 0.150. The van der Waals surface area contributed by atoms with Gasteiger partial charge in [0.05, 0.1) is 11.4 Å². The normalized spacial score (nSPS) is 10.5. The second-order valence-electron chi connectivity index (χ2n) is 6.04. The first kappa shape index (κ1) is 18.1. The third-order valence-electron chi connectivity index (χ3n) is 4.18. The van der Waals surface area contributed by atoms with E-state index in [1.807, 2.05) is 10.8 Å². The van der Waals surface area contributed by atoms with Crippen molar-refractivity contribution in [3.05, 3.63) is 70.8 Å². The molecule has 6 heteroatoms. The van der Waals surface area contributed by atoms with E-state index < -0.39 is 0 Å². The third-order valence-corrected chi connectivity index (χ3v) is 4.18. The molecule has 0 fully saturated rings. The summed E-state index contributed by atoms with van der Waals surface area (Å²) in [5.41, 5.74) is 6.55. The van der Waals surface area contributed by atoms with Crippen LogP contribution in [0.25, 0.3) is 33.0 Å². The number of hydrogen-bond donors (Lipinski definition) is 0. The number of imidazole rings is 1. The van der Waals surface area contributed by atoms with Crippen molar-refractivity contribution < 1.29 is 24.5 Å². The molecular weight excluding hydrogens is 504 g/mol. The van der Waals surface area contributed by atoms with E-state index in [0.717, 1.165) is 17.1 Å². The maximum atomic E-state index is 7.11. The summed E-state index contributed by atoms with van der Waals surface area (Å²) < 4.78 is 7.49. The Morgan fingerprint density at radius 3 is 2.62 bits per heavy atom. The predicted molar refractivity (Wildman–Crippen MR) is 95.9 cm³/mol. The molecular formula is C20H15IrN4O-. The molecule has 0 unspecified atom stereocenters. The molecule has 26 heavy (non-hydrogen) atoms. The number of fused-ring (bicyclic) bond motifs is 1. The van der Waals surface area contributed by atoms with Crippen LogP contribution in [-0.4, -0.2) is 14.5 Å². The van der Waals surface area contributed by atoms with E-state index in [2.05, 4.69) is 53.8 Å². The van der Waals surface area contributed by atoms with Gasteiger partial charge in [0, 0.05) is 38.2 Å². The van der Waals surface area contributed by atoms with Gasteiger partial charge in [0.2, 0.25) is 0 Å². The molecule has 1 radical (unpaired) electrons. The Morgan fingerprint density at radius 2 is 1.92 bits per heavy atom. The molecule has 2 aromatic heterocycles. The maximum Gasteiger partial charge on any atom is 0.439 e. The van der Waals surface area contributed by atoms with Crippen LogP contribution >= 0.6 is 0 Å². The van der Waals surface area contributed by atoms with Gasteiger partial charge in [-0.2, -0.15) is 0 Å². The van der Waals surface area contributed by atoms with Crippen LogP contribution in [0.3, 0.4) is 0 Å². The van der Waals surface area contributed by atoms with E-state index in [4.69, 9.17) is 11.0 Å². The fourth-order valence-electron chi connectivity index (χ4n) is 3.32. The first-order valence-corrected chi connectivity index (χ1v) is 7.89.